The highest BCUT2D eigenvalue weighted by Crippen LogP contribution is 2.19. The second-order valence-corrected chi connectivity index (χ2v) is 4.31. The average Bonchev–Trinajstić information content (AvgIpc) is 2.21. The van der Waals surface area contributed by atoms with E-state index < -0.39 is 11.6 Å². The van der Waals surface area contributed by atoms with Crippen LogP contribution in [0.25, 0.3) is 0 Å². The molecule has 0 aliphatic carbocycles. The Morgan fingerprint density at radius 2 is 1.88 bits per heavy atom. The summed E-state index contributed by atoms with van der Waals surface area (Å²) < 4.78 is 5.40. The van der Waals surface area contributed by atoms with Crippen LogP contribution in [0.3, 0.4) is 0 Å². The SMILES string of the molecule is CCCc1ccc(OC(C)(C)C(=O)O)cc1. The summed E-state index contributed by atoms with van der Waals surface area (Å²) in [7, 11) is 0. The first-order valence-corrected chi connectivity index (χ1v) is 5.47. The van der Waals surface area contributed by atoms with Gasteiger partial charge in [0, 0.05) is 0 Å². The van der Waals surface area contributed by atoms with Gasteiger partial charge in [0.05, 0.1) is 0 Å². The topological polar surface area (TPSA) is 46.5 Å². The van der Waals surface area contributed by atoms with Gasteiger partial charge in [-0.25, -0.2) is 4.79 Å². The van der Waals surface area contributed by atoms with Crippen LogP contribution in [0.1, 0.15) is 32.8 Å². The Hall–Kier alpha value is -1.51. The minimum atomic E-state index is -1.19. The predicted molar refractivity (Wildman–Crippen MR) is 62.8 cm³/mol. The van der Waals surface area contributed by atoms with Crippen molar-refractivity contribution in [2.75, 3.05) is 0 Å². The molecule has 0 fully saturated rings. The average molecular weight is 222 g/mol. The molecule has 1 rings (SSSR count). The van der Waals surface area contributed by atoms with Gasteiger partial charge in [0.1, 0.15) is 5.75 Å². The fraction of sp³-hybridized carbons (Fsp3) is 0.462. The van der Waals surface area contributed by atoms with Crippen molar-refractivity contribution in [1.29, 1.82) is 0 Å². The van der Waals surface area contributed by atoms with Gasteiger partial charge in [0.15, 0.2) is 5.60 Å². The number of rotatable bonds is 5. The molecule has 0 radical (unpaired) electrons. The molecule has 0 aromatic heterocycles. The lowest BCUT2D eigenvalue weighted by Gasteiger charge is -2.21. The van der Waals surface area contributed by atoms with Gasteiger partial charge in [0.2, 0.25) is 0 Å². The summed E-state index contributed by atoms with van der Waals surface area (Å²) in [5.74, 6) is -0.377. The molecular weight excluding hydrogens is 204 g/mol. The van der Waals surface area contributed by atoms with Gasteiger partial charge in [-0.2, -0.15) is 0 Å². The van der Waals surface area contributed by atoms with Gasteiger partial charge in [-0.1, -0.05) is 25.5 Å². The lowest BCUT2D eigenvalue weighted by atomic mass is 10.1. The summed E-state index contributed by atoms with van der Waals surface area (Å²) >= 11 is 0. The number of aryl methyl sites for hydroxylation is 1. The number of hydrogen-bond donors (Lipinski definition) is 1. The standard InChI is InChI=1S/C13H18O3/c1-4-5-10-6-8-11(9-7-10)16-13(2,3)12(14)15/h6-9H,4-5H2,1-3H3,(H,14,15). The molecule has 0 atom stereocenters. The third kappa shape index (κ3) is 3.26. The number of benzene rings is 1. The van der Waals surface area contributed by atoms with E-state index in [4.69, 9.17) is 9.84 Å². The van der Waals surface area contributed by atoms with E-state index >= 15 is 0 Å². The molecule has 3 nitrogen and oxygen atoms in total. The summed E-state index contributed by atoms with van der Waals surface area (Å²) in [6, 6.07) is 7.57. The maximum Gasteiger partial charge on any atom is 0.347 e. The number of aliphatic carboxylic acids is 1. The van der Waals surface area contributed by atoms with Crippen molar-refractivity contribution in [3.8, 4) is 5.75 Å². The van der Waals surface area contributed by atoms with Crippen molar-refractivity contribution in [2.45, 2.75) is 39.2 Å². The summed E-state index contributed by atoms with van der Waals surface area (Å²) in [5, 5.41) is 8.92. The molecule has 3 heteroatoms. The Balaban J connectivity index is 2.72. The monoisotopic (exact) mass is 222 g/mol. The van der Waals surface area contributed by atoms with Crippen LogP contribution in [0.2, 0.25) is 0 Å². The van der Waals surface area contributed by atoms with Crippen LogP contribution < -0.4 is 4.74 Å². The van der Waals surface area contributed by atoms with Crippen LogP contribution in [0.15, 0.2) is 24.3 Å². The van der Waals surface area contributed by atoms with Gasteiger partial charge in [-0.3, -0.25) is 0 Å². The first-order chi connectivity index (χ1) is 7.45. The van der Waals surface area contributed by atoms with Crippen LogP contribution in [0.5, 0.6) is 5.75 Å². The molecule has 0 heterocycles. The largest absolute Gasteiger partial charge is 0.478 e. The minimum Gasteiger partial charge on any atom is -0.478 e. The smallest absolute Gasteiger partial charge is 0.347 e. The van der Waals surface area contributed by atoms with Crippen molar-refractivity contribution in [2.24, 2.45) is 0 Å². The Labute approximate surface area is 96.1 Å². The number of ether oxygens (including phenoxy) is 1. The van der Waals surface area contributed by atoms with Crippen molar-refractivity contribution >= 4 is 5.97 Å². The highest BCUT2D eigenvalue weighted by molar-refractivity contribution is 5.76. The normalized spacial score (nSPS) is 11.2. The highest BCUT2D eigenvalue weighted by atomic mass is 16.5. The molecule has 0 saturated carbocycles. The predicted octanol–water partition coefficient (Wildman–Crippen LogP) is 2.88. The van der Waals surface area contributed by atoms with E-state index in [1.807, 2.05) is 24.3 Å². The van der Waals surface area contributed by atoms with Crippen molar-refractivity contribution in [3.63, 3.8) is 0 Å². The summed E-state index contributed by atoms with van der Waals surface area (Å²) in [4.78, 5) is 10.9. The molecule has 0 spiro atoms. The minimum absolute atomic E-state index is 0.590. The molecular formula is C13H18O3. The quantitative estimate of drug-likeness (QED) is 0.833. The Bertz CT molecular complexity index is 352. The molecule has 0 aliphatic heterocycles. The molecule has 1 aromatic rings. The third-order valence-electron chi connectivity index (χ3n) is 2.35. The number of hydrogen-bond acceptors (Lipinski definition) is 2. The summed E-state index contributed by atoms with van der Waals surface area (Å²) in [5.41, 5.74) is 0.0507. The van der Waals surface area contributed by atoms with E-state index in [0.717, 1.165) is 12.8 Å². The summed E-state index contributed by atoms with van der Waals surface area (Å²) in [6.45, 7) is 5.20. The second-order valence-electron chi connectivity index (χ2n) is 4.31. The Morgan fingerprint density at radius 3 is 2.31 bits per heavy atom. The number of carbonyl (C=O) groups is 1. The van der Waals surface area contributed by atoms with E-state index in [0.29, 0.717) is 5.75 Å². The maximum atomic E-state index is 10.9. The molecule has 0 aliphatic rings. The van der Waals surface area contributed by atoms with Crippen LogP contribution in [-0.4, -0.2) is 16.7 Å². The zero-order valence-corrected chi connectivity index (χ0v) is 9.99. The lowest BCUT2D eigenvalue weighted by molar-refractivity contribution is -0.152. The molecule has 88 valence electrons. The van der Waals surface area contributed by atoms with Gasteiger partial charge in [-0.05, 0) is 38.0 Å². The molecule has 1 aromatic carbocycles. The fourth-order valence-electron chi connectivity index (χ4n) is 1.35. The van der Waals surface area contributed by atoms with E-state index in [2.05, 4.69) is 6.92 Å². The first kappa shape index (κ1) is 12.6. The van der Waals surface area contributed by atoms with Crippen LogP contribution in [0, 0.1) is 0 Å². The van der Waals surface area contributed by atoms with E-state index in [1.54, 1.807) is 0 Å². The van der Waals surface area contributed by atoms with Gasteiger partial charge >= 0.3 is 5.97 Å². The molecule has 0 bridgehead atoms. The second kappa shape index (κ2) is 5.01. The lowest BCUT2D eigenvalue weighted by Crippen LogP contribution is -2.37. The van der Waals surface area contributed by atoms with Gasteiger partial charge in [-0.15, -0.1) is 0 Å². The number of carboxylic acid groups (broad SMARTS) is 1. The Kier molecular flexibility index (Phi) is 3.93. The first-order valence-electron chi connectivity index (χ1n) is 5.47. The van der Waals surface area contributed by atoms with Crippen molar-refractivity contribution in [1.82, 2.24) is 0 Å². The van der Waals surface area contributed by atoms with Gasteiger partial charge in [0.25, 0.3) is 0 Å². The van der Waals surface area contributed by atoms with Crippen molar-refractivity contribution < 1.29 is 14.6 Å². The zero-order valence-electron chi connectivity index (χ0n) is 9.99. The molecule has 16 heavy (non-hydrogen) atoms. The van der Waals surface area contributed by atoms with Gasteiger partial charge < -0.3 is 9.84 Å². The Morgan fingerprint density at radius 1 is 1.31 bits per heavy atom. The molecule has 0 unspecified atom stereocenters. The molecule has 1 N–H and O–H groups in total. The summed E-state index contributed by atoms with van der Waals surface area (Å²) in [6.07, 6.45) is 2.13. The van der Waals surface area contributed by atoms with E-state index in [9.17, 15) is 4.79 Å². The fourth-order valence-corrected chi connectivity index (χ4v) is 1.35. The van der Waals surface area contributed by atoms with Crippen LogP contribution in [-0.2, 0) is 11.2 Å². The highest BCUT2D eigenvalue weighted by Gasteiger charge is 2.29. The number of carboxylic acids is 1. The zero-order chi connectivity index (χ0) is 12.2. The van der Waals surface area contributed by atoms with Crippen LogP contribution >= 0.6 is 0 Å². The third-order valence-corrected chi connectivity index (χ3v) is 2.35. The molecule has 0 amide bonds. The van der Waals surface area contributed by atoms with E-state index in [-0.39, 0.29) is 0 Å². The maximum absolute atomic E-state index is 10.9. The van der Waals surface area contributed by atoms with E-state index in [1.165, 1.54) is 19.4 Å². The van der Waals surface area contributed by atoms with Crippen LogP contribution in [0.4, 0.5) is 0 Å². The van der Waals surface area contributed by atoms with Crippen molar-refractivity contribution in [3.05, 3.63) is 29.8 Å². The molecule has 0 saturated heterocycles.